The van der Waals surface area contributed by atoms with Crippen molar-refractivity contribution in [2.24, 2.45) is 5.92 Å². The molecule has 1 amide bonds. The highest BCUT2D eigenvalue weighted by Crippen LogP contribution is 2.26. The van der Waals surface area contributed by atoms with Gasteiger partial charge in [0.25, 0.3) is 0 Å². The molecule has 0 spiro atoms. The van der Waals surface area contributed by atoms with Crippen LogP contribution in [0.25, 0.3) is 0 Å². The normalized spacial score (nSPS) is 18.8. The van der Waals surface area contributed by atoms with Crippen LogP contribution in [0.3, 0.4) is 0 Å². The predicted molar refractivity (Wildman–Crippen MR) is 112 cm³/mol. The third-order valence-electron chi connectivity index (χ3n) is 5.19. The van der Waals surface area contributed by atoms with Gasteiger partial charge in [0.05, 0.1) is 23.5 Å². The Morgan fingerprint density at radius 2 is 1.86 bits per heavy atom. The first-order chi connectivity index (χ1) is 13.9. The number of sulfonamides is 1. The topological polar surface area (TPSA) is 75.7 Å². The van der Waals surface area contributed by atoms with Crippen molar-refractivity contribution >= 4 is 15.9 Å². The van der Waals surface area contributed by atoms with Crippen LogP contribution in [-0.4, -0.2) is 38.3 Å². The van der Waals surface area contributed by atoms with Gasteiger partial charge in [0, 0.05) is 13.1 Å². The Morgan fingerprint density at radius 3 is 2.52 bits per heavy atom. The Labute approximate surface area is 172 Å². The minimum Gasteiger partial charge on any atom is -0.494 e. The van der Waals surface area contributed by atoms with Gasteiger partial charge in [-0.2, -0.15) is 4.31 Å². The Morgan fingerprint density at radius 1 is 1.17 bits per heavy atom. The van der Waals surface area contributed by atoms with Crippen molar-refractivity contribution < 1.29 is 17.9 Å². The maximum atomic E-state index is 13.0. The predicted octanol–water partition coefficient (Wildman–Crippen LogP) is 3.36. The number of rotatable bonds is 7. The molecule has 29 heavy (non-hydrogen) atoms. The Kier molecular flexibility index (Phi) is 6.92. The lowest BCUT2D eigenvalue weighted by atomic mass is 9.98. The highest BCUT2D eigenvalue weighted by molar-refractivity contribution is 7.89. The van der Waals surface area contributed by atoms with E-state index in [2.05, 4.69) is 5.32 Å². The van der Waals surface area contributed by atoms with Crippen molar-refractivity contribution in [2.75, 3.05) is 19.7 Å². The Hall–Kier alpha value is -2.38. The van der Waals surface area contributed by atoms with E-state index in [1.54, 1.807) is 24.3 Å². The number of piperidine rings is 1. The molecule has 0 saturated carbocycles. The van der Waals surface area contributed by atoms with Gasteiger partial charge in [-0.3, -0.25) is 4.79 Å². The lowest BCUT2D eigenvalue weighted by molar-refractivity contribution is -0.126. The van der Waals surface area contributed by atoms with Crippen LogP contribution >= 0.6 is 0 Å². The van der Waals surface area contributed by atoms with Gasteiger partial charge in [0.2, 0.25) is 15.9 Å². The van der Waals surface area contributed by atoms with Gasteiger partial charge in [0.15, 0.2) is 0 Å². The summed E-state index contributed by atoms with van der Waals surface area (Å²) in [5, 5.41) is 3.02. The van der Waals surface area contributed by atoms with E-state index in [0.29, 0.717) is 31.7 Å². The number of carbonyl (C=O) groups is 1. The van der Waals surface area contributed by atoms with Crippen LogP contribution in [0.4, 0.5) is 0 Å². The fourth-order valence-corrected chi connectivity index (χ4v) is 5.08. The van der Waals surface area contributed by atoms with Crippen LogP contribution < -0.4 is 10.1 Å². The number of nitrogens with one attached hydrogen (secondary N) is 1. The number of hydrogen-bond acceptors (Lipinski definition) is 4. The Balaban J connectivity index is 1.66. The number of carbonyl (C=O) groups excluding carboxylic acids is 1. The van der Waals surface area contributed by atoms with Crippen molar-refractivity contribution in [3.8, 4) is 5.75 Å². The highest BCUT2D eigenvalue weighted by Gasteiger charge is 2.33. The third-order valence-corrected chi connectivity index (χ3v) is 7.07. The first-order valence-corrected chi connectivity index (χ1v) is 11.4. The van der Waals surface area contributed by atoms with E-state index >= 15 is 0 Å². The van der Waals surface area contributed by atoms with Crippen molar-refractivity contribution in [3.63, 3.8) is 0 Å². The summed E-state index contributed by atoms with van der Waals surface area (Å²) in [7, 11) is -3.64. The zero-order valence-corrected chi connectivity index (χ0v) is 17.7. The molecule has 1 heterocycles. The molecule has 3 rings (SSSR count). The van der Waals surface area contributed by atoms with Crippen LogP contribution in [0.1, 0.15) is 38.3 Å². The van der Waals surface area contributed by atoms with E-state index in [4.69, 9.17) is 4.74 Å². The SMILES string of the molecule is CCOc1ccc(S(=O)(=O)N2CCC[C@H](C(=O)N[C@H](C)c3ccccc3)C2)cc1. The smallest absolute Gasteiger partial charge is 0.243 e. The quantitative estimate of drug-likeness (QED) is 0.751. The monoisotopic (exact) mass is 416 g/mol. The van der Waals surface area contributed by atoms with Crippen LogP contribution in [0.2, 0.25) is 0 Å². The molecule has 1 aliphatic rings. The molecule has 6 nitrogen and oxygen atoms in total. The molecular weight excluding hydrogens is 388 g/mol. The van der Waals surface area contributed by atoms with Gasteiger partial charge in [-0.1, -0.05) is 30.3 Å². The molecule has 1 saturated heterocycles. The largest absolute Gasteiger partial charge is 0.494 e. The summed E-state index contributed by atoms with van der Waals surface area (Å²) in [6, 6.07) is 16.0. The van der Waals surface area contributed by atoms with E-state index in [9.17, 15) is 13.2 Å². The van der Waals surface area contributed by atoms with E-state index in [0.717, 1.165) is 5.56 Å². The summed E-state index contributed by atoms with van der Waals surface area (Å²) >= 11 is 0. The van der Waals surface area contributed by atoms with Crippen LogP contribution in [0.15, 0.2) is 59.5 Å². The summed E-state index contributed by atoms with van der Waals surface area (Å²) in [5.41, 5.74) is 1.02. The molecule has 7 heteroatoms. The zero-order chi connectivity index (χ0) is 20.9. The molecule has 1 aliphatic heterocycles. The number of nitrogens with zero attached hydrogens (tertiary/aromatic N) is 1. The van der Waals surface area contributed by atoms with E-state index in [-0.39, 0.29) is 29.3 Å². The summed E-state index contributed by atoms with van der Waals surface area (Å²) in [5.74, 6) is 0.178. The van der Waals surface area contributed by atoms with Gasteiger partial charge in [-0.15, -0.1) is 0 Å². The van der Waals surface area contributed by atoms with Gasteiger partial charge in [-0.25, -0.2) is 8.42 Å². The summed E-state index contributed by atoms with van der Waals surface area (Å²) < 4.78 is 32.8. The molecule has 0 aromatic heterocycles. The lowest BCUT2D eigenvalue weighted by Gasteiger charge is -2.32. The summed E-state index contributed by atoms with van der Waals surface area (Å²) in [4.78, 5) is 13.0. The van der Waals surface area contributed by atoms with Gasteiger partial charge >= 0.3 is 0 Å². The molecular formula is C22H28N2O4S. The fourth-order valence-electron chi connectivity index (χ4n) is 3.55. The second-order valence-electron chi connectivity index (χ2n) is 7.25. The molecule has 2 aromatic rings. The maximum absolute atomic E-state index is 13.0. The van der Waals surface area contributed by atoms with Gasteiger partial charge in [0.1, 0.15) is 5.75 Å². The molecule has 1 N–H and O–H groups in total. The summed E-state index contributed by atoms with van der Waals surface area (Å²) in [6.07, 6.45) is 1.34. The number of amides is 1. The van der Waals surface area contributed by atoms with E-state index in [1.807, 2.05) is 44.2 Å². The second kappa shape index (κ2) is 9.41. The van der Waals surface area contributed by atoms with Crippen LogP contribution in [0, 0.1) is 5.92 Å². The van der Waals surface area contributed by atoms with Crippen LogP contribution in [-0.2, 0) is 14.8 Å². The van der Waals surface area contributed by atoms with Gasteiger partial charge < -0.3 is 10.1 Å². The molecule has 2 atom stereocenters. The van der Waals surface area contributed by atoms with Crippen molar-refractivity contribution in [3.05, 3.63) is 60.2 Å². The average Bonchev–Trinajstić information content (AvgIpc) is 2.75. The molecule has 0 unspecified atom stereocenters. The number of hydrogen-bond donors (Lipinski definition) is 1. The van der Waals surface area contributed by atoms with Crippen LogP contribution in [0.5, 0.6) is 5.75 Å². The molecule has 1 fully saturated rings. The number of benzene rings is 2. The van der Waals surface area contributed by atoms with Crippen molar-refractivity contribution in [2.45, 2.75) is 37.6 Å². The van der Waals surface area contributed by atoms with E-state index < -0.39 is 10.0 Å². The molecule has 156 valence electrons. The third kappa shape index (κ3) is 5.16. The molecule has 2 aromatic carbocycles. The first kappa shape index (κ1) is 21.3. The molecule has 0 bridgehead atoms. The fraction of sp³-hybridized carbons (Fsp3) is 0.409. The minimum absolute atomic E-state index is 0.104. The molecule has 0 radical (unpaired) electrons. The lowest BCUT2D eigenvalue weighted by Crippen LogP contribution is -2.45. The molecule has 0 aliphatic carbocycles. The minimum atomic E-state index is -3.64. The maximum Gasteiger partial charge on any atom is 0.243 e. The average molecular weight is 417 g/mol. The van der Waals surface area contributed by atoms with Gasteiger partial charge in [-0.05, 0) is 56.5 Å². The zero-order valence-electron chi connectivity index (χ0n) is 16.9. The highest BCUT2D eigenvalue weighted by atomic mass is 32.2. The summed E-state index contributed by atoms with van der Waals surface area (Å²) in [6.45, 7) is 4.96. The first-order valence-electron chi connectivity index (χ1n) is 10.00. The van der Waals surface area contributed by atoms with Crippen molar-refractivity contribution in [1.29, 1.82) is 0 Å². The number of ether oxygens (including phenoxy) is 1. The van der Waals surface area contributed by atoms with Crippen molar-refractivity contribution in [1.82, 2.24) is 9.62 Å². The standard InChI is InChI=1S/C22H28N2O4S/c1-3-28-20-11-13-21(14-12-20)29(26,27)24-15-7-10-19(16-24)22(25)23-17(2)18-8-5-4-6-9-18/h4-6,8-9,11-14,17,19H,3,7,10,15-16H2,1-2H3,(H,23,25)/t17-,19+/m1/s1. The Bertz CT molecular complexity index is 914. The van der Waals surface area contributed by atoms with E-state index in [1.165, 1.54) is 4.31 Å². The second-order valence-corrected chi connectivity index (χ2v) is 9.19.